The van der Waals surface area contributed by atoms with E-state index in [0.717, 1.165) is 53.9 Å². The Kier molecular flexibility index (Phi) is 10.4. The summed E-state index contributed by atoms with van der Waals surface area (Å²) in [6.07, 6.45) is 9.09. The molecule has 2 aromatic carbocycles. The first-order chi connectivity index (χ1) is 17.0. The van der Waals surface area contributed by atoms with Gasteiger partial charge in [-0.1, -0.05) is 62.2 Å². The van der Waals surface area contributed by atoms with Gasteiger partial charge in [-0.15, -0.1) is 0 Å². The average Bonchev–Trinajstić information content (AvgIpc) is 3.12. The van der Waals surface area contributed by atoms with Crippen molar-refractivity contribution in [3.63, 3.8) is 0 Å². The summed E-state index contributed by atoms with van der Waals surface area (Å²) in [7, 11) is 0. The molecule has 1 saturated heterocycles. The summed E-state index contributed by atoms with van der Waals surface area (Å²) in [4.78, 5) is 14.8. The molecule has 186 valence electrons. The summed E-state index contributed by atoms with van der Waals surface area (Å²) in [6, 6.07) is 16.1. The predicted molar refractivity (Wildman–Crippen MR) is 147 cm³/mol. The number of nitrogens with zero attached hydrogens (tertiary/aromatic N) is 1. The van der Waals surface area contributed by atoms with Crippen LogP contribution in [0.15, 0.2) is 65.9 Å². The van der Waals surface area contributed by atoms with E-state index in [1.807, 2.05) is 56.3 Å². The monoisotopic (exact) mass is 492 g/mol. The normalized spacial score (nSPS) is 15.0. The second-order valence-electron chi connectivity index (χ2n) is 8.43. The second-order valence-corrected chi connectivity index (χ2v) is 8.82. The Hall–Kier alpha value is -3.12. The molecule has 6 heteroatoms. The van der Waals surface area contributed by atoms with Gasteiger partial charge in [0.1, 0.15) is 5.70 Å². The molecule has 35 heavy (non-hydrogen) atoms. The Morgan fingerprint density at radius 3 is 2.46 bits per heavy atom. The smallest absolute Gasteiger partial charge is 0.276 e. The highest BCUT2D eigenvalue weighted by Crippen LogP contribution is 2.29. The van der Waals surface area contributed by atoms with Gasteiger partial charge in [0.2, 0.25) is 0 Å². The van der Waals surface area contributed by atoms with Crippen molar-refractivity contribution in [2.24, 2.45) is 0 Å². The van der Waals surface area contributed by atoms with Crippen LogP contribution in [0.25, 0.3) is 6.08 Å². The molecule has 0 unspecified atom stereocenters. The van der Waals surface area contributed by atoms with Crippen LogP contribution in [0.3, 0.4) is 0 Å². The van der Waals surface area contributed by atoms with Crippen LogP contribution in [-0.4, -0.2) is 35.7 Å². The number of benzene rings is 2. The molecular formula is C29H36N2O3S. The van der Waals surface area contributed by atoms with E-state index in [0.29, 0.717) is 37.0 Å². The molecule has 1 heterocycles. The molecule has 5 nitrogen and oxygen atoms in total. The van der Waals surface area contributed by atoms with Crippen molar-refractivity contribution < 1.29 is 14.3 Å². The Bertz CT molecular complexity index is 1060. The molecule has 1 N–H and O–H groups in total. The fraction of sp³-hybridized carbons (Fsp3) is 0.379. The first-order valence-electron chi connectivity index (χ1n) is 12.5. The third kappa shape index (κ3) is 7.69. The number of carbonyl (C=O) groups is 1. The number of unbranched alkanes of at least 4 members (excludes halogenated alkanes) is 2. The van der Waals surface area contributed by atoms with Gasteiger partial charge in [-0.25, -0.2) is 0 Å². The van der Waals surface area contributed by atoms with Gasteiger partial charge < -0.3 is 14.8 Å². The van der Waals surface area contributed by atoms with Crippen molar-refractivity contribution in [2.45, 2.75) is 52.9 Å². The minimum absolute atomic E-state index is 0.0829. The maximum absolute atomic E-state index is 13.2. The third-order valence-corrected chi connectivity index (χ3v) is 6.07. The Morgan fingerprint density at radius 1 is 1.00 bits per heavy atom. The number of allylic oxidation sites excluding steroid dienone is 2. The molecule has 3 rings (SSSR count). The molecule has 0 atom stereocenters. The quantitative estimate of drug-likeness (QED) is 0.202. The standard InChI is InChI=1S/C29H36N2O3S/c1-4-7-9-14-24(19-22-12-10-8-11-13-22)20-25-28(32)31(29(35)30-25)18-17-23-15-16-26(33-5-2)27(21-23)34-6-3/h8,10-13,15-16,19-21H,4-7,9,14,17-18H2,1-3H3,(H,30,35)/b24-19-,25-20+. The highest BCUT2D eigenvalue weighted by molar-refractivity contribution is 7.80. The molecule has 0 radical (unpaired) electrons. The van der Waals surface area contributed by atoms with Crippen LogP contribution in [0.2, 0.25) is 0 Å². The number of hydrogen-bond acceptors (Lipinski definition) is 4. The first kappa shape index (κ1) is 26.5. The van der Waals surface area contributed by atoms with E-state index >= 15 is 0 Å². The van der Waals surface area contributed by atoms with Gasteiger partial charge in [-0.2, -0.15) is 0 Å². The second kappa shape index (κ2) is 13.7. The topological polar surface area (TPSA) is 50.8 Å². The van der Waals surface area contributed by atoms with Crippen LogP contribution >= 0.6 is 12.2 Å². The Labute approximate surface area is 214 Å². The molecule has 0 aromatic heterocycles. The molecule has 1 fully saturated rings. The van der Waals surface area contributed by atoms with Gasteiger partial charge in [-0.05, 0) is 80.2 Å². The van der Waals surface area contributed by atoms with Gasteiger partial charge in [0.15, 0.2) is 16.6 Å². The number of amides is 1. The molecule has 0 saturated carbocycles. The number of thiocarbonyl (C=S) groups is 1. The molecule has 2 aromatic rings. The number of nitrogens with one attached hydrogen (secondary N) is 1. The van der Waals surface area contributed by atoms with E-state index < -0.39 is 0 Å². The van der Waals surface area contributed by atoms with Gasteiger partial charge in [0, 0.05) is 6.54 Å². The van der Waals surface area contributed by atoms with Crippen molar-refractivity contribution in [3.8, 4) is 11.5 Å². The summed E-state index contributed by atoms with van der Waals surface area (Å²) in [5.74, 6) is 1.38. The lowest BCUT2D eigenvalue weighted by molar-refractivity contribution is -0.122. The van der Waals surface area contributed by atoms with Crippen molar-refractivity contribution in [1.29, 1.82) is 0 Å². The van der Waals surface area contributed by atoms with Gasteiger partial charge >= 0.3 is 0 Å². The molecule has 0 bridgehead atoms. The van der Waals surface area contributed by atoms with E-state index in [2.05, 4.69) is 30.4 Å². The SMILES string of the molecule is CCCCCC(=C/c1ccccc1)/C=C1/NC(=S)N(CCc2ccc(OCC)c(OCC)c2)C1=O. The predicted octanol–water partition coefficient (Wildman–Crippen LogP) is 6.29. The summed E-state index contributed by atoms with van der Waals surface area (Å²) in [5.41, 5.74) is 3.85. The van der Waals surface area contributed by atoms with Crippen LogP contribution < -0.4 is 14.8 Å². The minimum Gasteiger partial charge on any atom is -0.490 e. The lowest BCUT2D eigenvalue weighted by Crippen LogP contribution is -2.32. The summed E-state index contributed by atoms with van der Waals surface area (Å²) in [5, 5.41) is 3.59. The van der Waals surface area contributed by atoms with Crippen molar-refractivity contribution >= 4 is 29.3 Å². The average molecular weight is 493 g/mol. The third-order valence-electron chi connectivity index (χ3n) is 5.74. The fourth-order valence-corrected chi connectivity index (χ4v) is 4.26. The zero-order valence-electron chi connectivity index (χ0n) is 21.0. The van der Waals surface area contributed by atoms with Crippen molar-refractivity contribution in [3.05, 3.63) is 77.0 Å². The molecule has 1 amide bonds. The van der Waals surface area contributed by atoms with E-state index in [9.17, 15) is 4.79 Å². The minimum atomic E-state index is -0.0829. The maximum Gasteiger partial charge on any atom is 0.276 e. The van der Waals surface area contributed by atoms with Crippen molar-refractivity contribution in [1.82, 2.24) is 10.2 Å². The maximum atomic E-state index is 13.2. The highest BCUT2D eigenvalue weighted by atomic mass is 32.1. The largest absolute Gasteiger partial charge is 0.490 e. The molecular weight excluding hydrogens is 456 g/mol. The number of carbonyl (C=O) groups excluding carboxylic acids is 1. The van der Waals surface area contributed by atoms with Crippen molar-refractivity contribution in [2.75, 3.05) is 19.8 Å². The first-order valence-corrected chi connectivity index (χ1v) is 12.9. The summed E-state index contributed by atoms with van der Waals surface area (Å²) in [6.45, 7) is 7.73. The van der Waals surface area contributed by atoms with E-state index in [1.54, 1.807) is 4.90 Å². The van der Waals surface area contributed by atoms with E-state index in [1.165, 1.54) is 0 Å². The van der Waals surface area contributed by atoms with E-state index in [-0.39, 0.29) is 5.91 Å². The van der Waals surface area contributed by atoms with Crippen LogP contribution in [0.1, 0.15) is 57.6 Å². The van der Waals surface area contributed by atoms with Crippen LogP contribution in [0.4, 0.5) is 0 Å². The van der Waals surface area contributed by atoms with Gasteiger partial charge in [0.05, 0.1) is 13.2 Å². The number of rotatable bonds is 13. The lowest BCUT2D eigenvalue weighted by Gasteiger charge is -2.16. The Morgan fingerprint density at radius 2 is 1.74 bits per heavy atom. The lowest BCUT2D eigenvalue weighted by atomic mass is 10.0. The number of ether oxygens (including phenoxy) is 2. The summed E-state index contributed by atoms with van der Waals surface area (Å²) >= 11 is 5.51. The van der Waals surface area contributed by atoms with Crippen LogP contribution in [-0.2, 0) is 11.2 Å². The summed E-state index contributed by atoms with van der Waals surface area (Å²) < 4.78 is 11.4. The van der Waals surface area contributed by atoms with Crippen LogP contribution in [0.5, 0.6) is 11.5 Å². The zero-order chi connectivity index (χ0) is 25.0. The van der Waals surface area contributed by atoms with Crippen LogP contribution in [0, 0.1) is 0 Å². The molecule has 0 spiro atoms. The molecule has 1 aliphatic heterocycles. The molecule has 1 aliphatic rings. The zero-order valence-corrected chi connectivity index (χ0v) is 21.8. The molecule has 0 aliphatic carbocycles. The van der Waals surface area contributed by atoms with Gasteiger partial charge in [0.25, 0.3) is 5.91 Å². The number of hydrogen-bond donors (Lipinski definition) is 1. The van der Waals surface area contributed by atoms with E-state index in [4.69, 9.17) is 21.7 Å². The van der Waals surface area contributed by atoms with Gasteiger partial charge in [-0.3, -0.25) is 9.69 Å². The Balaban J connectivity index is 1.72. The highest BCUT2D eigenvalue weighted by Gasteiger charge is 2.30. The fourth-order valence-electron chi connectivity index (χ4n) is 3.98.